The molecular formula is C19H21N3O3S. The molecule has 1 aliphatic rings. The second kappa shape index (κ2) is 7.36. The minimum Gasteiger partial charge on any atom is -0.485 e. The van der Waals surface area contributed by atoms with Crippen LogP contribution in [0.4, 0.5) is 5.69 Å². The van der Waals surface area contributed by atoms with Crippen molar-refractivity contribution in [2.45, 2.75) is 17.9 Å². The average molecular weight is 371 g/mol. The lowest BCUT2D eigenvalue weighted by molar-refractivity contribution is 0.171. The number of benzene rings is 2. The summed E-state index contributed by atoms with van der Waals surface area (Å²) < 4.78 is 32.9. The minimum absolute atomic E-state index is 0.114. The number of hydrogen-bond acceptors (Lipinski definition) is 5. The van der Waals surface area contributed by atoms with E-state index in [9.17, 15) is 8.42 Å². The van der Waals surface area contributed by atoms with E-state index in [2.05, 4.69) is 11.8 Å². The second-order valence-electron chi connectivity index (χ2n) is 6.17. The Morgan fingerprint density at radius 2 is 2.04 bits per heavy atom. The summed E-state index contributed by atoms with van der Waals surface area (Å²) in [6.45, 7) is 3.72. The molecule has 0 saturated carbocycles. The summed E-state index contributed by atoms with van der Waals surface area (Å²) in [6, 6.07) is 15.8. The van der Waals surface area contributed by atoms with Gasteiger partial charge in [0.15, 0.2) is 0 Å². The smallest absolute Gasteiger partial charge is 0.242 e. The molecule has 0 aromatic heterocycles. The summed E-state index contributed by atoms with van der Waals surface area (Å²) in [5.74, 6) is 0.767. The van der Waals surface area contributed by atoms with Gasteiger partial charge in [0.1, 0.15) is 11.9 Å². The molecule has 0 fully saturated rings. The standard InChI is InChI=1S/C19H21N3O3S/c1-3-22-14-16(25-19-10-5-4-9-18(19)22)13-21(2)26(23,24)17-8-6-7-15(11-17)12-20/h4-11,16H,3,13-14H2,1-2H3/t16-/m1/s1. The minimum atomic E-state index is -3.69. The maximum Gasteiger partial charge on any atom is 0.242 e. The van der Waals surface area contributed by atoms with E-state index in [0.717, 1.165) is 18.0 Å². The van der Waals surface area contributed by atoms with Gasteiger partial charge in [-0.05, 0) is 37.3 Å². The Kier molecular flexibility index (Phi) is 5.16. The highest BCUT2D eigenvalue weighted by Gasteiger charge is 2.29. The van der Waals surface area contributed by atoms with Gasteiger partial charge in [0.05, 0.1) is 35.3 Å². The first-order valence-electron chi connectivity index (χ1n) is 8.43. The highest BCUT2D eigenvalue weighted by Crippen LogP contribution is 2.33. The van der Waals surface area contributed by atoms with Crippen molar-refractivity contribution in [1.29, 1.82) is 5.26 Å². The number of rotatable bonds is 5. The van der Waals surface area contributed by atoms with E-state index in [1.165, 1.54) is 23.5 Å². The van der Waals surface area contributed by atoms with Crippen LogP contribution in [0.15, 0.2) is 53.4 Å². The number of fused-ring (bicyclic) bond motifs is 1. The van der Waals surface area contributed by atoms with E-state index < -0.39 is 10.0 Å². The third-order valence-electron chi connectivity index (χ3n) is 4.44. The molecule has 6 nitrogen and oxygen atoms in total. The van der Waals surface area contributed by atoms with Gasteiger partial charge in [-0.15, -0.1) is 0 Å². The lowest BCUT2D eigenvalue weighted by Crippen LogP contribution is -2.46. The van der Waals surface area contributed by atoms with E-state index >= 15 is 0 Å². The fourth-order valence-corrected chi connectivity index (χ4v) is 4.31. The number of sulfonamides is 1. The zero-order valence-corrected chi connectivity index (χ0v) is 15.6. The van der Waals surface area contributed by atoms with Crippen molar-refractivity contribution in [2.24, 2.45) is 0 Å². The van der Waals surface area contributed by atoms with Crippen molar-refractivity contribution >= 4 is 15.7 Å². The van der Waals surface area contributed by atoms with Crippen molar-refractivity contribution in [1.82, 2.24) is 4.31 Å². The van der Waals surface area contributed by atoms with Crippen LogP contribution in [-0.2, 0) is 10.0 Å². The molecule has 0 N–H and O–H groups in total. The summed E-state index contributed by atoms with van der Waals surface area (Å²) >= 11 is 0. The van der Waals surface area contributed by atoms with Crippen LogP contribution in [0.5, 0.6) is 5.75 Å². The first-order valence-corrected chi connectivity index (χ1v) is 9.87. The predicted octanol–water partition coefficient (Wildman–Crippen LogP) is 2.47. The summed E-state index contributed by atoms with van der Waals surface area (Å²) in [7, 11) is -2.15. The fraction of sp³-hybridized carbons (Fsp3) is 0.316. The third kappa shape index (κ3) is 3.52. The Bertz CT molecular complexity index is 937. The van der Waals surface area contributed by atoms with Crippen LogP contribution in [0, 0.1) is 11.3 Å². The molecule has 0 amide bonds. The van der Waals surface area contributed by atoms with E-state index in [-0.39, 0.29) is 17.5 Å². The number of nitriles is 1. The van der Waals surface area contributed by atoms with Crippen LogP contribution in [0.25, 0.3) is 0 Å². The summed E-state index contributed by atoms with van der Waals surface area (Å²) in [5.41, 5.74) is 1.35. The summed E-state index contributed by atoms with van der Waals surface area (Å²) in [4.78, 5) is 2.29. The molecule has 7 heteroatoms. The Hall–Kier alpha value is -2.56. The quantitative estimate of drug-likeness (QED) is 0.807. The van der Waals surface area contributed by atoms with E-state index in [1.54, 1.807) is 12.1 Å². The van der Waals surface area contributed by atoms with E-state index in [1.807, 2.05) is 30.3 Å². The largest absolute Gasteiger partial charge is 0.485 e. The summed E-state index contributed by atoms with van der Waals surface area (Å²) in [5, 5.41) is 8.99. The van der Waals surface area contributed by atoms with Gasteiger partial charge < -0.3 is 9.64 Å². The van der Waals surface area contributed by atoms with Gasteiger partial charge >= 0.3 is 0 Å². The Balaban J connectivity index is 1.79. The van der Waals surface area contributed by atoms with Gasteiger partial charge in [-0.25, -0.2) is 8.42 Å². The van der Waals surface area contributed by atoms with Crippen LogP contribution < -0.4 is 9.64 Å². The second-order valence-corrected chi connectivity index (χ2v) is 8.22. The Labute approximate surface area is 154 Å². The number of para-hydroxylation sites is 2. The number of likely N-dealkylation sites (N-methyl/N-ethyl adjacent to an activating group) is 2. The molecular weight excluding hydrogens is 350 g/mol. The highest BCUT2D eigenvalue weighted by molar-refractivity contribution is 7.89. The van der Waals surface area contributed by atoms with Crippen LogP contribution in [-0.4, -0.2) is 45.5 Å². The van der Waals surface area contributed by atoms with Crippen LogP contribution >= 0.6 is 0 Å². The number of hydrogen-bond donors (Lipinski definition) is 0. The van der Waals surface area contributed by atoms with Gasteiger partial charge in [0, 0.05) is 13.6 Å². The maximum absolute atomic E-state index is 12.8. The lowest BCUT2D eigenvalue weighted by Gasteiger charge is -2.36. The van der Waals surface area contributed by atoms with Crippen molar-refractivity contribution in [3.8, 4) is 11.8 Å². The molecule has 0 bridgehead atoms. The molecule has 1 heterocycles. The van der Waals surface area contributed by atoms with E-state index in [4.69, 9.17) is 10.00 Å². The molecule has 0 saturated heterocycles. The first-order chi connectivity index (χ1) is 12.5. The van der Waals surface area contributed by atoms with Gasteiger partial charge in [-0.1, -0.05) is 18.2 Å². The van der Waals surface area contributed by atoms with Crippen LogP contribution in [0.3, 0.4) is 0 Å². The van der Waals surface area contributed by atoms with Crippen molar-refractivity contribution in [3.05, 3.63) is 54.1 Å². The first kappa shape index (κ1) is 18.2. The van der Waals surface area contributed by atoms with E-state index in [0.29, 0.717) is 12.1 Å². The monoisotopic (exact) mass is 371 g/mol. The van der Waals surface area contributed by atoms with Gasteiger partial charge in [-0.3, -0.25) is 0 Å². The average Bonchev–Trinajstić information content (AvgIpc) is 2.67. The van der Waals surface area contributed by atoms with Crippen molar-refractivity contribution in [2.75, 3.05) is 31.6 Å². The number of nitrogens with zero attached hydrogens (tertiary/aromatic N) is 3. The number of ether oxygens (including phenoxy) is 1. The van der Waals surface area contributed by atoms with Crippen LogP contribution in [0.1, 0.15) is 12.5 Å². The molecule has 0 radical (unpaired) electrons. The Morgan fingerprint density at radius 3 is 2.77 bits per heavy atom. The Morgan fingerprint density at radius 1 is 1.27 bits per heavy atom. The molecule has 0 spiro atoms. The van der Waals surface area contributed by atoms with Crippen LogP contribution in [0.2, 0.25) is 0 Å². The molecule has 0 aliphatic carbocycles. The zero-order chi connectivity index (χ0) is 18.7. The number of anilines is 1. The van der Waals surface area contributed by atoms with Gasteiger partial charge in [0.25, 0.3) is 0 Å². The molecule has 3 rings (SSSR count). The highest BCUT2D eigenvalue weighted by atomic mass is 32.2. The normalized spacial score (nSPS) is 16.7. The fourth-order valence-electron chi connectivity index (χ4n) is 3.06. The van der Waals surface area contributed by atoms with Gasteiger partial charge in [-0.2, -0.15) is 9.57 Å². The molecule has 26 heavy (non-hydrogen) atoms. The molecule has 1 atom stereocenters. The topological polar surface area (TPSA) is 73.6 Å². The van der Waals surface area contributed by atoms with Gasteiger partial charge in [0.2, 0.25) is 10.0 Å². The summed E-state index contributed by atoms with van der Waals surface area (Å²) in [6.07, 6.45) is -0.274. The molecule has 0 unspecified atom stereocenters. The molecule has 2 aromatic carbocycles. The molecule has 2 aromatic rings. The third-order valence-corrected chi connectivity index (χ3v) is 6.26. The SMILES string of the molecule is CCN1C[C@@H](CN(C)S(=O)(=O)c2cccc(C#N)c2)Oc2ccccc21. The zero-order valence-electron chi connectivity index (χ0n) is 14.8. The maximum atomic E-state index is 12.8. The predicted molar refractivity (Wildman–Crippen MR) is 99.7 cm³/mol. The van der Waals surface area contributed by atoms with Crippen molar-refractivity contribution < 1.29 is 13.2 Å². The molecule has 1 aliphatic heterocycles. The molecule has 136 valence electrons. The lowest BCUT2D eigenvalue weighted by atomic mass is 10.2. The van der Waals surface area contributed by atoms with Crippen molar-refractivity contribution in [3.63, 3.8) is 0 Å².